The predicted molar refractivity (Wildman–Crippen MR) is 75.3 cm³/mol. The Morgan fingerprint density at radius 1 is 1.61 bits per heavy atom. The molecule has 9 heteroatoms. The van der Waals surface area contributed by atoms with Crippen molar-refractivity contribution in [3.63, 3.8) is 0 Å². The number of alkyl halides is 1. The molecular weight excluding hydrogens is 311 g/mol. The molecule has 0 amide bonds. The fourth-order valence-electron chi connectivity index (χ4n) is 2.15. The van der Waals surface area contributed by atoms with E-state index in [1.54, 1.807) is 0 Å². The molecule has 1 aromatic heterocycles. The largest absolute Gasteiger partial charge is 0.477 e. The van der Waals surface area contributed by atoms with Gasteiger partial charge in [-0.2, -0.15) is 4.98 Å². The molecule has 1 saturated heterocycles. The molecule has 1 fully saturated rings. The fourth-order valence-corrected chi connectivity index (χ4v) is 2.15. The maximum atomic E-state index is 14.1. The molecule has 0 unspecified atom stereocenters. The molecule has 0 saturated carbocycles. The lowest BCUT2D eigenvalue weighted by molar-refractivity contribution is -0.207. The van der Waals surface area contributed by atoms with Crippen LogP contribution in [0.25, 0.3) is 0 Å². The lowest BCUT2D eigenvalue weighted by atomic mass is 10.1. The molecule has 1 aromatic rings. The summed E-state index contributed by atoms with van der Waals surface area (Å²) in [4.78, 5) is 15.7. The number of aromatic nitrogens is 2. The molecule has 0 aliphatic carbocycles. The minimum absolute atomic E-state index is 0.0581. The first-order chi connectivity index (χ1) is 10.9. The molecule has 1 aliphatic heterocycles. The van der Waals surface area contributed by atoms with Crippen molar-refractivity contribution in [2.45, 2.75) is 37.6 Å². The first kappa shape index (κ1) is 17.4. The number of aliphatic hydroxyl groups is 3. The van der Waals surface area contributed by atoms with Crippen molar-refractivity contribution in [3.8, 4) is 18.2 Å². The van der Waals surface area contributed by atoms with Gasteiger partial charge in [-0.25, -0.2) is 9.18 Å². The summed E-state index contributed by atoms with van der Waals surface area (Å²) in [5.74, 6) is -0.683. The van der Waals surface area contributed by atoms with Crippen LogP contribution < -0.4 is 10.4 Å². The summed E-state index contributed by atoms with van der Waals surface area (Å²) in [7, 11) is 0. The van der Waals surface area contributed by atoms with E-state index in [9.17, 15) is 19.4 Å². The normalized spacial score (nSPS) is 30.2. The minimum Gasteiger partial charge on any atom is -0.477 e. The van der Waals surface area contributed by atoms with Gasteiger partial charge in [0.1, 0.15) is 24.4 Å². The van der Waals surface area contributed by atoms with Crippen LogP contribution in [0.4, 0.5) is 4.39 Å². The predicted octanol–water partition coefficient (Wildman–Crippen LogP) is -1.08. The van der Waals surface area contributed by atoms with Gasteiger partial charge < -0.3 is 24.8 Å². The Bertz CT molecular complexity index is 672. The van der Waals surface area contributed by atoms with Gasteiger partial charge >= 0.3 is 5.69 Å². The number of nitrogens with zero attached hydrogens (tertiary/aromatic N) is 2. The quantitative estimate of drug-likeness (QED) is 0.589. The van der Waals surface area contributed by atoms with E-state index in [0.717, 1.165) is 10.8 Å². The van der Waals surface area contributed by atoms with Gasteiger partial charge in [-0.1, -0.05) is 12.8 Å². The van der Waals surface area contributed by atoms with E-state index in [4.69, 9.17) is 21.0 Å². The highest BCUT2D eigenvalue weighted by Gasteiger charge is 2.56. The molecular formula is C14H17FN2O6. The van der Waals surface area contributed by atoms with Crippen LogP contribution in [0, 0.1) is 12.3 Å². The van der Waals surface area contributed by atoms with E-state index in [1.165, 1.54) is 0 Å². The van der Waals surface area contributed by atoms with Crippen molar-refractivity contribution in [2.75, 3.05) is 13.2 Å². The monoisotopic (exact) mass is 328 g/mol. The second-order valence-corrected chi connectivity index (χ2v) is 5.03. The Morgan fingerprint density at radius 2 is 2.30 bits per heavy atom. The van der Waals surface area contributed by atoms with Gasteiger partial charge in [0.25, 0.3) is 5.85 Å². The Labute approximate surface area is 131 Å². The maximum Gasteiger partial charge on any atom is 0.353 e. The molecule has 2 rings (SSSR count). The van der Waals surface area contributed by atoms with E-state index in [0.29, 0.717) is 13.0 Å². The van der Waals surface area contributed by atoms with Crippen molar-refractivity contribution in [1.82, 2.24) is 9.55 Å². The van der Waals surface area contributed by atoms with E-state index < -0.39 is 36.6 Å². The Morgan fingerprint density at radius 3 is 2.83 bits per heavy atom. The Balaban J connectivity index is 2.41. The lowest BCUT2D eigenvalue weighted by Gasteiger charge is -2.20. The number of hydrogen-bond acceptors (Lipinski definition) is 7. The third kappa shape index (κ3) is 3.07. The molecule has 1 aliphatic rings. The highest BCUT2D eigenvalue weighted by atomic mass is 19.2. The van der Waals surface area contributed by atoms with Gasteiger partial charge in [0.15, 0.2) is 6.23 Å². The number of aliphatic hydroxyl groups excluding tert-OH is 3. The van der Waals surface area contributed by atoms with Gasteiger partial charge in [0.05, 0.1) is 6.61 Å². The molecule has 23 heavy (non-hydrogen) atoms. The van der Waals surface area contributed by atoms with Crippen molar-refractivity contribution in [3.05, 3.63) is 22.2 Å². The molecule has 4 atom stereocenters. The average Bonchev–Trinajstić information content (AvgIpc) is 2.78. The third-order valence-corrected chi connectivity index (χ3v) is 3.38. The summed E-state index contributed by atoms with van der Waals surface area (Å²) in [6.07, 6.45) is 1.70. The summed E-state index contributed by atoms with van der Waals surface area (Å²) >= 11 is 0. The van der Waals surface area contributed by atoms with Gasteiger partial charge in [0, 0.05) is 6.20 Å². The highest BCUT2D eigenvalue weighted by molar-refractivity contribution is 5.38. The van der Waals surface area contributed by atoms with Crippen LogP contribution in [-0.2, 0) is 4.74 Å². The van der Waals surface area contributed by atoms with E-state index in [1.807, 2.05) is 6.92 Å². The summed E-state index contributed by atoms with van der Waals surface area (Å²) in [5.41, 5.74) is -0.808. The molecule has 0 aromatic carbocycles. The van der Waals surface area contributed by atoms with Crippen molar-refractivity contribution < 1.29 is 29.2 Å². The molecule has 0 radical (unpaired) electrons. The average molecular weight is 328 g/mol. The van der Waals surface area contributed by atoms with Crippen LogP contribution in [0.3, 0.4) is 0 Å². The van der Waals surface area contributed by atoms with Gasteiger partial charge in [0.2, 0.25) is 5.88 Å². The molecule has 8 nitrogen and oxygen atoms in total. The minimum atomic E-state index is -2.89. The molecule has 126 valence electrons. The van der Waals surface area contributed by atoms with Crippen LogP contribution in [0.15, 0.2) is 11.0 Å². The molecule has 3 N–H and O–H groups in total. The summed E-state index contributed by atoms with van der Waals surface area (Å²) in [6, 6.07) is 0. The van der Waals surface area contributed by atoms with Crippen molar-refractivity contribution in [2.24, 2.45) is 0 Å². The Kier molecular flexibility index (Phi) is 5.01. The number of hydrogen-bond donors (Lipinski definition) is 3. The molecule has 0 bridgehead atoms. The van der Waals surface area contributed by atoms with Gasteiger partial charge in [-0.3, -0.25) is 4.57 Å². The summed E-state index contributed by atoms with van der Waals surface area (Å²) in [6.45, 7) is 0.963. The van der Waals surface area contributed by atoms with Crippen LogP contribution in [-0.4, -0.2) is 56.1 Å². The Hall–Kier alpha value is -1.99. The lowest BCUT2D eigenvalue weighted by Crippen LogP contribution is -2.42. The zero-order valence-corrected chi connectivity index (χ0v) is 12.3. The summed E-state index contributed by atoms with van der Waals surface area (Å²) < 4.78 is 24.9. The SMILES string of the molecule is C#Cc1cn([C@@H]2O[C@](F)(CO)[C@@H](O)[C@H]2O)c(=O)nc1OCCC. The molecule has 2 heterocycles. The number of terminal acetylenes is 1. The second-order valence-electron chi connectivity index (χ2n) is 5.03. The van der Waals surface area contributed by atoms with Crippen LogP contribution in [0.2, 0.25) is 0 Å². The van der Waals surface area contributed by atoms with Crippen molar-refractivity contribution >= 4 is 0 Å². The smallest absolute Gasteiger partial charge is 0.353 e. The number of rotatable bonds is 5. The van der Waals surface area contributed by atoms with E-state index in [-0.39, 0.29) is 11.4 Å². The highest BCUT2D eigenvalue weighted by Crippen LogP contribution is 2.37. The van der Waals surface area contributed by atoms with Crippen LogP contribution in [0.5, 0.6) is 5.88 Å². The summed E-state index contributed by atoms with van der Waals surface area (Å²) in [5, 5.41) is 28.5. The van der Waals surface area contributed by atoms with Crippen molar-refractivity contribution in [1.29, 1.82) is 0 Å². The zero-order valence-electron chi connectivity index (χ0n) is 12.3. The van der Waals surface area contributed by atoms with Gasteiger partial charge in [-0.05, 0) is 6.42 Å². The third-order valence-electron chi connectivity index (χ3n) is 3.38. The number of halogens is 1. The number of ether oxygens (including phenoxy) is 2. The van der Waals surface area contributed by atoms with E-state index in [2.05, 4.69) is 10.9 Å². The zero-order chi connectivity index (χ0) is 17.2. The molecule has 0 spiro atoms. The van der Waals surface area contributed by atoms with Crippen LogP contribution >= 0.6 is 0 Å². The maximum absolute atomic E-state index is 14.1. The fraction of sp³-hybridized carbons (Fsp3) is 0.571. The first-order valence-corrected chi connectivity index (χ1v) is 6.94. The van der Waals surface area contributed by atoms with E-state index >= 15 is 0 Å². The topological polar surface area (TPSA) is 114 Å². The van der Waals surface area contributed by atoms with Crippen LogP contribution in [0.1, 0.15) is 25.1 Å². The second kappa shape index (κ2) is 6.64. The first-order valence-electron chi connectivity index (χ1n) is 6.94. The van der Waals surface area contributed by atoms with Gasteiger partial charge in [-0.15, -0.1) is 6.42 Å². The standard InChI is InChI=1S/C14H17FN2O6/c1-3-5-22-11-8(4-2)6-17(13(21)16-11)12-9(19)10(20)14(15,7-18)23-12/h2,6,9-10,12,18-20H,3,5,7H2,1H3/t9-,10+,12-,14-/m1/s1.